The van der Waals surface area contributed by atoms with Crippen LogP contribution >= 0.6 is 23.2 Å². The molecule has 86 heavy (non-hydrogen) atoms. The zero-order valence-electron chi connectivity index (χ0n) is 48.7. The van der Waals surface area contributed by atoms with Crippen LogP contribution in [0.1, 0.15) is 147 Å². The highest BCUT2D eigenvalue weighted by atomic mass is 35.5. The van der Waals surface area contributed by atoms with Gasteiger partial charge in [0, 0.05) is 84.2 Å². The van der Waals surface area contributed by atoms with Crippen LogP contribution in [0.25, 0.3) is 11.1 Å². The van der Waals surface area contributed by atoms with E-state index in [2.05, 4.69) is 21.3 Å². The van der Waals surface area contributed by atoms with Gasteiger partial charge in [0.2, 0.25) is 11.8 Å². The van der Waals surface area contributed by atoms with Gasteiger partial charge in [-0.3, -0.25) is 29.0 Å². The van der Waals surface area contributed by atoms with E-state index in [0.717, 1.165) is 62.5 Å². The van der Waals surface area contributed by atoms with Crippen molar-refractivity contribution in [2.75, 3.05) is 57.0 Å². The van der Waals surface area contributed by atoms with E-state index >= 15 is 4.79 Å². The summed E-state index contributed by atoms with van der Waals surface area (Å²) in [6, 6.07) is 27.2. The molecule has 448 valence electrons. The second kappa shape index (κ2) is 26.2. The monoisotopic (exact) mass is 1200 g/mol. The Hall–Kier alpha value is -8.21. The van der Waals surface area contributed by atoms with Gasteiger partial charge in [-0.25, -0.2) is 14.2 Å². The number of aromatic nitrogens is 3. The van der Waals surface area contributed by atoms with Crippen LogP contribution in [0.4, 0.5) is 20.7 Å². The molecule has 21 heteroatoms. The number of fused-ring (bicyclic) bond motifs is 8. The number of methoxy groups -OCH3 is 1. The van der Waals surface area contributed by atoms with Crippen LogP contribution in [0, 0.1) is 17.1 Å². The summed E-state index contributed by atoms with van der Waals surface area (Å²) in [6.07, 6.45) is 10.1. The van der Waals surface area contributed by atoms with Gasteiger partial charge in [-0.1, -0.05) is 73.2 Å². The fourth-order valence-corrected chi connectivity index (χ4v) is 12.7. The van der Waals surface area contributed by atoms with Crippen molar-refractivity contribution in [2.24, 2.45) is 4.99 Å². The van der Waals surface area contributed by atoms with Gasteiger partial charge in [0.25, 0.3) is 5.91 Å². The third-order valence-electron chi connectivity index (χ3n) is 16.9. The van der Waals surface area contributed by atoms with Gasteiger partial charge >= 0.3 is 6.03 Å². The molecule has 3 atom stereocenters. The third-order valence-corrected chi connectivity index (χ3v) is 17.4. The number of carbonyl (C=O) groups is 4. The number of benzene rings is 4. The van der Waals surface area contributed by atoms with E-state index in [1.54, 1.807) is 57.0 Å². The fourth-order valence-electron chi connectivity index (χ4n) is 12.4. The van der Waals surface area contributed by atoms with E-state index in [9.17, 15) is 24.0 Å². The van der Waals surface area contributed by atoms with Gasteiger partial charge in [0.1, 0.15) is 53.3 Å². The maximum absolute atomic E-state index is 15.2. The number of anilines is 2. The number of piperazine rings is 1. The number of ether oxygens (including phenoxy) is 2. The van der Waals surface area contributed by atoms with Crippen molar-refractivity contribution in [1.82, 2.24) is 39.7 Å². The number of halogens is 3. The van der Waals surface area contributed by atoms with Crippen LogP contribution in [0.2, 0.25) is 10.0 Å². The molecule has 2 aromatic heterocycles. The smallest absolute Gasteiger partial charge is 0.326 e. The molecular weight excluding hydrogens is 1130 g/mol. The number of nitriles is 1. The normalized spacial score (nSPS) is 18.5. The number of urea groups is 1. The molecule has 0 unspecified atom stereocenters. The van der Waals surface area contributed by atoms with Gasteiger partial charge in [-0.15, -0.1) is 0 Å². The van der Waals surface area contributed by atoms with Crippen LogP contribution in [0.3, 0.4) is 0 Å². The summed E-state index contributed by atoms with van der Waals surface area (Å²) in [5.41, 5.74) is 12.5. The molecule has 1 aliphatic carbocycles. The van der Waals surface area contributed by atoms with Crippen LogP contribution in [0.15, 0.2) is 102 Å². The average molecular weight is 1210 g/mol. The van der Waals surface area contributed by atoms with Crippen LogP contribution < -0.4 is 25.4 Å². The number of hydrogen-bond acceptors (Lipinski definition) is 12. The number of nitrogen functional groups attached to an aromatic ring is 1. The summed E-state index contributed by atoms with van der Waals surface area (Å²) in [7, 11) is 1.59. The van der Waals surface area contributed by atoms with Crippen LogP contribution in [0.5, 0.6) is 11.5 Å². The minimum Gasteiger partial charge on any atom is -0.497 e. The lowest BCUT2D eigenvalue weighted by Crippen LogP contribution is -2.56. The Labute approximate surface area is 510 Å². The summed E-state index contributed by atoms with van der Waals surface area (Å²) < 4.78 is 28.5. The molecule has 18 nitrogen and oxygen atoms in total. The SMILES string of the molecule is COc1ccc(C2=N[C@@H](c3ccc(Cl)cc3)[C@@H](c3ccc(Cl)cc3)N2C(=O)N2CCN(CCCCCCCCC(=O)NCCn3nc4c(c3C#N)-c3cnc(N)c(c3)N3CCC[C@@H]3c3cc(F)ccc3C(=O)N(C3CC3)C4)C(=O)C2)c(OC(C)C)c1. The molecule has 2 saturated heterocycles. The molecule has 1 saturated carbocycles. The Kier molecular flexibility index (Phi) is 18.1. The molecular formula is C65H71Cl2FN12O6. The van der Waals surface area contributed by atoms with Crippen molar-refractivity contribution in [3.8, 4) is 28.7 Å². The predicted octanol–water partition coefficient (Wildman–Crippen LogP) is 11.5. The number of amidine groups is 1. The summed E-state index contributed by atoms with van der Waals surface area (Å²) in [4.78, 5) is 75.7. The summed E-state index contributed by atoms with van der Waals surface area (Å²) in [5, 5.41) is 19.8. The molecule has 3 N–H and O–H groups in total. The number of rotatable bonds is 19. The van der Waals surface area contributed by atoms with Crippen molar-refractivity contribution >= 4 is 64.3 Å². The van der Waals surface area contributed by atoms with E-state index in [1.165, 1.54) is 12.1 Å². The number of nitrogens with one attached hydrogen (secondary N) is 1. The van der Waals surface area contributed by atoms with Gasteiger partial charge in [-0.05, 0) is 130 Å². The van der Waals surface area contributed by atoms with E-state index in [-0.39, 0.29) is 68.1 Å². The van der Waals surface area contributed by atoms with Gasteiger partial charge in [0.05, 0.1) is 55.3 Å². The highest BCUT2D eigenvalue weighted by Gasteiger charge is 2.46. The lowest BCUT2D eigenvalue weighted by molar-refractivity contribution is -0.135. The van der Waals surface area contributed by atoms with E-state index < -0.39 is 17.9 Å². The zero-order chi connectivity index (χ0) is 60.2. The van der Waals surface area contributed by atoms with Crippen LogP contribution in [-0.4, -0.2) is 122 Å². The highest BCUT2D eigenvalue weighted by molar-refractivity contribution is 6.30. The second-order valence-corrected chi connectivity index (χ2v) is 23.9. The van der Waals surface area contributed by atoms with E-state index in [1.807, 2.05) is 73.3 Å². The van der Waals surface area contributed by atoms with Crippen molar-refractivity contribution in [3.05, 3.63) is 152 Å². The number of nitrogens with two attached hydrogens (primary N) is 1. The molecule has 0 spiro atoms. The van der Waals surface area contributed by atoms with Crippen LogP contribution in [-0.2, 0) is 22.7 Å². The van der Waals surface area contributed by atoms with Gasteiger partial charge in [0.15, 0.2) is 0 Å². The second-order valence-electron chi connectivity index (χ2n) is 23.0. The van der Waals surface area contributed by atoms with Crippen molar-refractivity contribution in [1.29, 1.82) is 5.26 Å². The first kappa shape index (κ1) is 59.5. The fraction of sp³-hybridized carbons (Fsp3) is 0.415. The Morgan fingerprint density at radius 3 is 2.27 bits per heavy atom. The van der Waals surface area contributed by atoms with E-state index in [0.29, 0.717) is 124 Å². The topological polar surface area (TPSA) is 208 Å². The molecule has 5 aliphatic rings. The average Bonchev–Trinajstić information content (AvgIpc) is 1.71. The first-order valence-corrected chi connectivity index (χ1v) is 30.6. The maximum Gasteiger partial charge on any atom is 0.326 e. The Balaban J connectivity index is 0.673. The number of hydrogen-bond donors (Lipinski definition) is 2. The zero-order valence-corrected chi connectivity index (χ0v) is 50.2. The lowest BCUT2D eigenvalue weighted by atomic mass is 9.93. The number of nitrogens with zero attached hydrogens (tertiary/aromatic N) is 10. The van der Waals surface area contributed by atoms with E-state index in [4.69, 9.17) is 48.5 Å². The van der Waals surface area contributed by atoms with Crippen molar-refractivity contribution in [2.45, 2.75) is 128 Å². The molecule has 3 fully saturated rings. The standard InChI is InChI=1S/C65H71Cl2FN12O6/c1-40(2)86-56-35-48(85-3)24-26-50(56)63-73-60(41-13-17-44(66)18-14-41)61(42-15-19-45(67)20-16-42)80(63)65(84)76-32-31-75(58(82)39-76)28-9-7-5-4-6-8-12-57(81)71-27-30-79-55(36-69)59-43-33-54(62(70)72-37-43)77-29-10-11-53(77)51-34-46(68)21-25-49(51)64(83)78(47-22-23-47)38-52(59)74-79/h13-21,24-26,33-35,37,40,47,53,60-61H,4-12,22-23,27-32,38-39H2,1-3H3,(H2,70,72)(H,71,81)/t53-,60+,61-/m1/s1. The van der Waals surface area contributed by atoms with Gasteiger partial charge in [-0.2, -0.15) is 10.4 Å². The summed E-state index contributed by atoms with van der Waals surface area (Å²) in [5.74, 6) is 0.952. The maximum atomic E-state index is 15.2. The lowest BCUT2D eigenvalue weighted by Gasteiger charge is -2.38. The first-order chi connectivity index (χ1) is 41.7. The number of unbranched alkanes of at least 4 members (excludes halogenated alkanes) is 5. The molecule has 5 amide bonds. The summed E-state index contributed by atoms with van der Waals surface area (Å²) in [6.45, 7) is 6.30. The molecule has 6 aromatic rings. The minimum atomic E-state index is -0.608. The Morgan fingerprint density at radius 2 is 1.56 bits per heavy atom. The van der Waals surface area contributed by atoms with Crippen molar-refractivity contribution < 1.29 is 33.0 Å². The number of pyridine rings is 1. The van der Waals surface area contributed by atoms with Crippen molar-refractivity contribution in [3.63, 3.8) is 0 Å². The number of aliphatic imine (C=N–C) groups is 1. The molecule has 11 rings (SSSR count). The Bertz CT molecular complexity index is 3590. The first-order valence-electron chi connectivity index (χ1n) is 29.9. The summed E-state index contributed by atoms with van der Waals surface area (Å²) >= 11 is 12.8. The molecule has 2 bridgehead atoms. The largest absolute Gasteiger partial charge is 0.497 e. The van der Waals surface area contributed by atoms with Gasteiger partial charge < -0.3 is 40.1 Å². The highest BCUT2D eigenvalue weighted by Crippen LogP contribution is 2.47. The predicted molar refractivity (Wildman–Crippen MR) is 328 cm³/mol. The quantitative estimate of drug-likeness (QED) is 0.0729. The number of amides is 5. The molecule has 4 aliphatic heterocycles. The molecule has 0 radical (unpaired) electrons. The Morgan fingerprint density at radius 1 is 0.837 bits per heavy atom. The minimum absolute atomic E-state index is 0.0172. The molecule has 4 aromatic carbocycles. The molecule has 6 heterocycles. The third kappa shape index (κ3) is 12.8. The number of carbonyl (C=O) groups excluding carboxylic acids is 4.